The van der Waals surface area contributed by atoms with Crippen molar-refractivity contribution in [2.45, 2.75) is 50.9 Å². The first kappa shape index (κ1) is 24.4. The Hall–Kier alpha value is -2.82. The van der Waals surface area contributed by atoms with Crippen LogP contribution in [0.15, 0.2) is 54.6 Å². The Labute approximate surface area is 183 Å². The van der Waals surface area contributed by atoms with E-state index < -0.39 is 26.3 Å². The Morgan fingerprint density at radius 1 is 1.16 bits per heavy atom. The summed E-state index contributed by atoms with van der Waals surface area (Å²) < 4.78 is 37.4. The van der Waals surface area contributed by atoms with Gasteiger partial charge in [0.25, 0.3) is 5.92 Å². The summed E-state index contributed by atoms with van der Waals surface area (Å²) in [5.74, 6) is -4.07. The van der Waals surface area contributed by atoms with E-state index in [9.17, 15) is 10.1 Å². The molecule has 0 aliphatic carbocycles. The fraction of sp³-hybridized carbons (Fsp3) is 0.333. The molecule has 1 amide bonds. The maximum Gasteiger partial charge on any atom is 0.295 e. The molecule has 1 atom stereocenters. The van der Waals surface area contributed by atoms with Crippen molar-refractivity contribution in [3.63, 3.8) is 0 Å². The van der Waals surface area contributed by atoms with Gasteiger partial charge in [0.1, 0.15) is 6.10 Å². The number of rotatable bonds is 10. The summed E-state index contributed by atoms with van der Waals surface area (Å²) in [6.07, 6.45) is 0.431. The van der Waals surface area contributed by atoms with Crippen molar-refractivity contribution in [2.24, 2.45) is 5.73 Å². The molecule has 2 rings (SSSR count). The van der Waals surface area contributed by atoms with E-state index in [0.29, 0.717) is 29.3 Å². The van der Waals surface area contributed by atoms with Gasteiger partial charge >= 0.3 is 0 Å². The number of primary amides is 1. The highest BCUT2D eigenvalue weighted by molar-refractivity contribution is 6.73. The summed E-state index contributed by atoms with van der Waals surface area (Å²) in [5, 5.41) is 9.22. The minimum Gasteiger partial charge on any atom is -0.404 e. The number of carbonyl (C=O) groups is 1. The van der Waals surface area contributed by atoms with E-state index in [1.807, 2.05) is 26.8 Å². The van der Waals surface area contributed by atoms with Gasteiger partial charge < -0.3 is 10.2 Å². The first-order chi connectivity index (χ1) is 14.7. The van der Waals surface area contributed by atoms with Crippen molar-refractivity contribution >= 4 is 20.3 Å². The Kier molecular flexibility index (Phi) is 8.26. The van der Waals surface area contributed by atoms with Gasteiger partial charge in [0.15, 0.2) is 8.32 Å². The third kappa shape index (κ3) is 5.87. The van der Waals surface area contributed by atoms with Crippen molar-refractivity contribution < 1.29 is 18.0 Å². The van der Waals surface area contributed by atoms with E-state index >= 15 is 8.78 Å². The highest BCUT2D eigenvalue weighted by atomic mass is 28.4. The van der Waals surface area contributed by atoms with Gasteiger partial charge in [-0.25, -0.2) is 0 Å². The molecule has 7 heteroatoms. The molecule has 0 saturated carbocycles. The number of benzene rings is 2. The van der Waals surface area contributed by atoms with Gasteiger partial charge in [-0.2, -0.15) is 14.0 Å². The van der Waals surface area contributed by atoms with Gasteiger partial charge in [-0.05, 0) is 53.5 Å². The van der Waals surface area contributed by atoms with Crippen LogP contribution in [0, 0.1) is 11.3 Å². The maximum atomic E-state index is 15.6. The molecule has 0 aliphatic rings. The van der Waals surface area contributed by atoms with Crippen molar-refractivity contribution in [3.8, 4) is 6.07 Å². The smallest absolute Gasteiger partial charge is 0.295 e. The number of hydrogen-bond donors (Lipinski definition) is 1. The molecule has 0 saturated heterocycles. The van der Waals surface area contributed by atoms with E-state index in [-0.39, 0.29) is 11.1 Å². The zero-order chi connectivity index (χ0) is 23.1. The van der Waals surface area contributed by atoms with Crippen LogP contribution in [0.3, 0.4) is 0 Å². The van der Waals surface area contributed by atoms with Gasteiger partial charge in [-0.3, -0.25) is 4.79 Å². The van der Waals surface area contributed by atoms with E-state index in [1.165, 1.54) is 18.2 Å². The molecule has 164 valence electrons. The van der Waals surface area contributed by atoms with E-state index in [0.717, 1.165) is 6.08 Å². The summed E-state index contributed by atoms with van der Waals surface area (Å²) in [6, 6.07) is 16.6. The van der Waals surface area contributed by atoms with Crippen molar-refractivity contribution in [1.29, 1.82) is 5.26 Å². The normalized spacial score (nSPS) is 13.2. The van der Waals surface area contributed by atoms with Crippen LogP contribution in [0.2, 0.25) is 18.1 Å². The minimum absolute atomic E-state index is 0.165. The molecule has 0 spiro atoms. The van der Waals surface area contributed by atoms with Crippen molar-refractivity contribution in [1.82, 2.24) is 0 Å². The number of amides is 1. The molecule has 0 fully saturated rings. The Balaban J connectivity index is 2.53. The van der Waals surface area contributed by atoms with Crippen LogP contribution < -0.4 is 5.73 Å². The molecular formula is C24H28F2N2O2Si. The number of nitrogens with zero attached hydrogens (tertiary/aromatic N) is 1. The highest BCUT2D eigenvalue weighted by Crippen LogP contribution is 2.41. The first-order valence-corrected chi connectivity index (χ1v) is 12.9. The second-order valence-electron chi connectivity index (χ2n) is 7.44. The molecule has 4 nitrogen and oxygen atoms in total. The summed E-state index contributed by atoms with van der Waals surface area (Å²) >= 11 is 0. The first-order valence-electron chi connectivity index (χ1n) is 10.4. The molecule has 0 heterocycles. The van der Waals surface area contributed by atoms with Gasteiger partial charge in [0.05, 0.1) is 11.6 Å². The zero-order valence-electron chi connectivity index (χ0n) is 18.1. The number of hydrogen-bond acceptors (Lipinski definition) is 3. The van der Waals surface area contributed by atoms with E-state index in [1.54, 1.807) is 36.4 Å². The van der Waals surface area contributed by atoms with Crippen LogP contribution in [0.4, 0.5) is 8.78 Å². The summed E-state index contributed by atoms with van der Waals surface area (Å²) in [4.78, 5) is 11.6. The minimum atomic E-state index is -3.38. The second kappa shape index (κ2) is 10.5. The van der Waals surface area contributed by atoms with Crippen LogP contribution >= 0.6 is 0 Å². The van der Waals surface area contributed by atoms with Crippen LogP contribution in [-0.4, -0.2) is 20.1 Å². The molecule has 0 aliphatic heterocycles. The maximum absolute atomic E-state index is 15.6. The third-order valence-electron chi connectivity index (χ3n) is 5.68. The fourth-order valence-electron chi connectivity index (χ4n) is 3.55. The number of carbonyl (C=O) groups excluding carboxylic acids is 1. The van der Waals surface area contributed by atoms with Crippen LogP contribution in [0.1, 0.15) is 53.9 Å². The third-order valence-corrected chi connectivity index (χ3v) is 10.3. The summed E-state index contributed by atoms with van der Waals surface area (Å²) in [6.45, 7) is 5.91. The Morgan fingerprint density at radius 3 is 2.39 bits per heavy atom. The quantitative estimate of drug-likeness (QED) is 0.454. The number of alkyl halides is 2. The lowest BCUT2D eigenvalue weighted by Crippen LogP contribution is -2.42. The van der Waals surface area contributed by atoms with Crippen molar-refractivity contribution in [2.75, 3.05) is 0 Å². The van der Waals surface area contributed by atoms with Crippen molar-refractivity contribution in [3.05, 3.63) is 76.9 Å². The largest absolute Gasteiger partial charge is 0.404 e. The molecule has 1 unspecified atom stereocenters. The lowest BCUT2D eigenvalue weighted by molar-refractivity contribution is -0.0627. The second-order valence-corrected chi connectivity index (χ2v) is 12.2. The molecule has 2 N–H and O–H groups in total. The molecule has 0 bridgehead atoms. The number of halogens is 2. The fourth-order valence-corrected chi connectivity index (χ4v) is 6.34. The summed E-state index contributed by atoms with van der Waals surface area (Å²) in [7, 11) is -2.41. The highest BCUT2D eigenvalue weighted by Gasteiger charge is 2.44. The van der Waals surface area contributed by atoms with Gasteiger partial charge in [0, 0.05) is 5.56 Å². The molecule has 0 aromatic heterocycles. The lowest BCUT2D eigenvalue weighted by atomic mass is 9.99. The Morgan fingerprint density at radius 2 is 1.81 bits per heavy atom. The topological polar surface area (TPSA) is 76.1 Å². The average molecular weight is 443 g/mol. The van der Waals surface area contributed by atoms with Gasteiger partial charge in [-0.1, -0.05) is 57.2 Å². The van der Waals surface area contributed by atoms with Gasteiger partial charge in [-0.15, -0.1) is 0 Å². The average Bonchev–Trinajstić information content (AvgIpc) is 2.79. The van der Waals surface area contributed by atoms with Crippen LogP contribution in [0.5, 0.6) is 0 Å². The molecule has 2 aromatic carbocycles. The number of nitriles is 1. The standard InChI is InChI=1S/C24H28F2N2O2Si/c1-4-31(5-2,6-3)30-22(20-12-9-10-18(16-20)17-27)24(25,26)15-14-19-11-7-8-13-21(19)23(28)29/h7-16,22H,4-6H2,1-3H3,(H2,28,29). The molecule has 31 heavy (non-hydrogen) atoms. The SMILES string of the molecule is CC[Si](CC)(CC)OC(c1cccc(C#N)c1)C(F)(F)C=Cc1ccccc1C(N)=O. The van der Waals surface area contributed by atoms with E-state index in [4.69, 9.17) is 10.2 Å². The monoisotopic (exact) mass is 442 g/mol. The zero-order valence-corrected chi connectivity index (χ0v) is 19.1. The predicted octanol–water partition coefficient (Wildman–Crippen LogP) is 6.07. The van der Waals surface area contributed by atoms with E-state index in [2.05, 4.69) is 0 Å². The molecule has 0 radical (unpaired) electrons. The summed E-state index contributed by atoms with van der Waals surface area (Å²) in [5.41, 5.74) is 6.39. The predicted molar refractivity (Wildman–Crippen MR) is 121 cm³/mol. The molecular weight excluding hydrogens is 414 g/mol. The number of nitrogens with two attached hydrogens (primary N) is 1. The van der Waals surface area contributed by atoms with Gasteiger partial charge in [0.2, 0.25) is 5.91 Å². The Bertz CT molecular complexity index is 973. The molecule has 2 aromatic rings. The lowest BCUT2D eigenvalue weighted by Gasteiger charge is -2.36. The van der Waals surface area contributed by atoms with Crippen LogP contribution in [0.25, 0.3) is 6.08 Å². The van der Waals surface area contributed by atoms with Crippen LogP contribution in [-0.2, 0) is 4.43 Å².